The Morgan fingerprint density at radius 3 is 2.73 bits per heavy atom. The maximum atomic E-state index is 11.8. The molecule has 0 spiro atoms. The SMILES string of the molecule is O=C(N/N=C\c1cn(-c2ccccc2)nc1-c1cccc(Br)c1)C1CC1. The molecule has 5 nitrogen and oxygen atoms in total. The fourth-order valence-corrected chi connectivity index (χ4v) is 3.06. The molecule has 4 rings (SSSR count). The Morgan fingerprint density at radius 1 is 1.19 bits per heavy atom. The second-order valence-corrected chi connectivity index (χ2v) is 7.15. The van der Waals surface area contributed by atoms with Crippen LogP contribution in [0.15, 0.2) is 70.4 Å². The number of nitrogens with zero attached hydrogens (tertiary/aromatic N) is 3. The first kappa shape index (κ1) is 16.7. The predicted molar refractivity (Wildman–Crippen MR) is 105 cm³/mol. The van der Waals surface area contributed by atoms with Gasteiger partial charge in [0.25, 0.3) is 0 Å². The van der Waals surface area contributed by atoms with Crippen LogP contribution in [0.4, 0.5) is 0 Å². The molecule has 2 aromatic carbocycles. The van der Waals surface area contributed by atoms with Crippen molar-refractivity contribution in [2.45, 2.75) is 12.8 Å². The van der Waals surface area contributed by atoms with Crippen molar-refractivity contribution in [3.8, 4) is 16.9 Å². The van der Waals surface area contributed by atoms with E-state index >= 15 is 0 Å². The molecule has 1 aliphatic carbocycles. The van der Waals surface area contributed by atoms with Gasteiger partial charge in [0, 0.05) is 27.7 Å². The number of para-hydroxylation sites is 1. The van der Waals surface area contributed by atoms with Gasteiger partial charge in [0.05, 0.1) is 11.9 Å². The van der Waals surface area contributed by atoms with Crippen LogP contribution in [0, 0.1) is 5.92 Å². The molecule has 0 aliphatic heterocycles. The topological polar surface area (TPSA) is 59.3 Å². The quantitative estimate of drug-likeness (QED) is 0.508. The number of hydrazone groups is 1. The molecular weight excluding hydrogens is 392 g/mol. The highest BCUT2D eigenvalue weighted by Gasteiger charge is 2.29. The minimum Gasteiger partial charge on any atom is -0.273 e. The summed E-state index contributed by atoms with van der Waals surface area (Å²) in [6.07, 6.45) is 5.48. The summed E-state index contributed by atoms with van der Waals surface area (Å²) in [5, 5.41) is 8.86. The van der Waals surface area contributed by atoms with E-state index in [0.717, 1.165) is 39.8 Å². The maximum absolute atomic E-state index is 11.8. The normalized spacial score (nSPS) is 13.9. The molecule has 1 fully saturated rings. The highest BCUT2D eigenvalue weighted by Crippen LogP contribution is 2.29. The van der Waals surface area contributed by atoms with Crippen LogP contribution in [-0.4, -0.2) is 21.9 Å². The van der Waals surface area contributed by atoms with E-state index < -0.39 is 0 Å². The molecule has 1 N–H and O–H groups in total. The van der Waals surface area contributed by atoms with E-state index in [1.165, 1.54) is 0 Å². The summed E-state index contributed by atoms with van der Waals surface area (Å²) >= 11 is 3.51. The fourth-order valence-electron chi connectivity index (χ4n) is 2.66. The second-order valence-electron chi connectivity index (χ2n) is 6.23. The first-order valence-electron chi connectivity index (χ1n) is 8.44. The average molecular weight is 409 g/mol. The Morgan fingerprint density at radius 2 is 2.00 bits per heavy atom. The monoisotopic (exact) mass is 408 g/mol. The van der Waals surface area contributed by atoms with Crippen molar-refractivity contribution in [1.29, 1.82) is 0 Å². The zero-order valence-corrected chi connectivity index (χ0v) is 15.6. The molecule has 1 amide bonds. The number of carbonyl (C=O) groups excluding carboxylic acids is 1. The van der Waals surface area contributed by atoms with Crippen LogP contribution in [0.2, 0.25) is 0 Å². The molecule has 1 aromatic heterocycles. The first-order chi connectivity index (χ1) is 12.7. The predicted octanol–water partition coefficient (Wildman–Crippen LogP) is 4.16. The van der Waals surface area contributed by atoms with Gasteiger partial charge in [0.2, 0.25) is 5.91 Å². The van der Waals surface area contributed by atoms with Crippen molar-refractivity contribution in [1.82, 2.24) is 15.2 Å². The third-order valence-corrected chi connectivity index (χ3v) is 4.68. The Labute approximate surface area is 159 Å². The van der Waals surface area contributed by atoms with E-state index in [1.54, 1.807) is 6.21 Å². The van der Waals surface area contributed by atoms with Crippen LogP contribution in [0.3, 0.4) is 0 Å². The van der Waals surface area contributed by atoms with Crippen LogP contribution in [0.5, 0.6) is 0 Å². The van der Waals surface area contributed by atoms with Gasteiger partial charge in [-0.3, -0.25) is 4.79 Å². The van der Waals surface area contributed by atoms with E-state index in [0.29, 0.717) is 0 Å². The van der Waals surface area contributed by atoms with Gasteiger partial charge in [-0.15, -0.1) is 0 Å². The van der Waals surface area contributed by atoms with Crippen molar-refractivity contribution in [2.75, 3.05) is 0 Å². The smallest absolute Gasteiger partial charge is 0.243 e. The zero-order valence-electron chi connectivity index (χ0n) is 14.0. The number of carbonyl (C=O) groups is 1. The molecule has 1 aliphatic rings. The van der Waals surface area contributed by atoms with E-state index in [4.69, 9.17) is 5.10 Å². The largest absolute Gasteiger partial charge is 0.273 e. The number of rotatable bonds is 5. The fraction of sp³-hybridized carbons (Fsp3) is 0.150. The van der Waals surface area contributed by atoms with Crippen molar-refractivity contribution < 1.29 is 4.79 Å². The van der Waals surface area contributed by atoms with Crippen molar-refractivity contribution in [3.05, 3.63) is 70.8 Å². The van der Waals surface area contributed by atoms with E-state index in [9.17, 15) is 4.79 Å². The molecule has 6 heteroatoms. The average Bonchev–Trinajstić information content (AvgIpc) is 3.43. The summed E-state index contributed by atoms with van der Waals surface area (Å²) < 4.78 is 2.80. The molecule has 130 valence electrons. The van der Waals surface area contributed by atoms with Crippen molar-refractivity contribution >= 4 is 28.1 Å². The highest BCUT2D eigenvalue weighted by atomic mass is 79.9. The Hall–Kier alpha value is -2.73. The molecular formula is C20H17BrN4O. The minimum absolute atomic E-state index is 0.0132. The lowest BCUT2D eigenvalue weighted by atomic mass is 10.1. The van der Waals surface area contributed by atoms with Crippen LogP contribution < -0.4 is 5.43 Å². The molecule has 0 radical (unpaired) electrons. The lowest BCUT2D eigenvalue weighted by Crippen LogP contribution is -2.18. The summed E-state index contributed by atoms with van der Waals surface area (Å²) in [6, 6.07) is 17.9. The first-order valence-corrected chi connectivity index (χ1v) is 9.24. The maximum Gasteiger partial charge on any atom is 0.243 e. The van der Waals surface area contributed by atoms with Gasteiger partial charge in [-0.05, 0) is 37.1 Å². The van der Waals surface area contributed by atoms with Crippen LogP contribution >= 0.6 is 15.9 Å². The van der Waals surface area contributed by atoms with Gasteiger partial charge in [0.15, 0.2) is 0 Å². The lowest BCUT2D eigenvalue weighted by Gasteiger charge is -2.01. The molecule has 1 saturated carbocycles. The second kappa shape index (κ2) is 7.25. The standard InChI is InChI=1S/C20H17BrN4O/c21-17-6-4-5-15(11-17)19-16(12-22-23-20(26)14-9-10-14)13-25(24-19)18-7-2-1-3-8-18/h1-8,11-14H,9-10H2,(H,23,26)/b22-12-. The van der Waals surface area contributed by atoms with Crippen molar-refractivity contribution in [2.24, 2.45) is 11.0 Å². The van der Waals surface area contributed by atoms with Gasteiger partial charge in [-0.1, -0.05) is 46.3 Å². The Bertz CT molecular complexity index is 961. The number of aromatic nitrogens is 2. The molecule has 26 heavy (non-hydrogen) atoms. The summed E-state index contributed by atoms with van der Waals surface area (Å²) in [5.41, 5.74) is 6.20. The Kier molecular flexibility index (Phi) is 4.67. The number of amides is 1. The summed E-state index contributed by atoms with van der Waals surface area (Å²) in [6.45, 7) is 0. The third-order valence-electron chi connectivity index (χ3n) is 4.19. The number of halogens is 1. The van der Waals surface area contributed by atoms with Crippen LogP contribution in [0.1, 0.15) is 18.4 Å². The third kappa shape index (κ3) is 3.75. The number of hydrogen-bond acceptors (Lipinski definition) is 3. The van der Waals surface area contributed by atoms with Gasteiger partial charge in [-0.2, -0.15) is 10.2 Å². The number of nitrogens with one attached hydrogen (secondary N) is 1. The van der Waals surface area contributed by atoms with Gasteiger partial charge >= 0.3 is 0 Å². The molecule has 3 aromatic rings. The van der Waals surface area contributed by atoms with Crippen LogP contribution in [0.25, 0.3) is 16.9 Å². The molecule has 0 bridgehead atoms. The van der Waals surface area contributed by atoms with Crippen LogP contribution in [-0.2, 0) is 4.79 Å². The number of hydrogen-bond donors (Lipinski definition) is 1. The molecule has 0 unspecified atom stereocenters. The summed E-state index contributed by atoms with van der Waals surface area (Å²) in [4.78, 5) is 11.8. The summed E-state index contributed by atoms with van der Waals surface area (Å²) in [5.74, 6) is 0.115. The molecule has 1 heterocycles. The zero-order chi connectivity index (χ0) is 17.9. The number of benzene rings is 2. The van der Waals surface area contributed by atoms with Gasteiger partial charge in [0.1, 0.15) is 5.69 Å². The van der Waals surface area contributed by atoms with Crippen molar-refractivity contribution in [3.63, 3.8) is 0 Å². The van der Waals surface area contributed by atoms with E-state index in [2.05, 4.69) is 26.5 Å². The van der Waals surface area contributed by atoms with E-state index in [1.807, 2.05) is 65.5 Å². The van der Waals surface area contributed by atoms with Gasteiger partial charge < -0.3 is 0 Å². The lowest BCUT2D eigenvalue weighted by molar-refractivity contribution is -0.122. The highest BCUT2D eigenvalue weighted by molar-refractivity contribution is 9.10. The minimum atomic E-state index is -0.0132. The van der Waals surface area contributed by atoms with Gasteiger partial charge in [-0.25, -0.2) is 10.1 Å². The molecule has 0 atom stereocenters. The van der Waals surface area contributed by atoms with E-state index in [-0.39, 0.29) is 11.8 Å². The molecule has 0 saturated heterocycles. The Balaban J connectivity index is 1.69. The summed E-state index contributed by atoms with van der Waals surface area (Å²) in [7, 11) is 0.